The maximum Gasteiger partial charge on any atom is 0.0220 e. The minimum Gasteiger partial charge on any atom is -0.300 e. The van der Waals surface area contributed by atoms with Crippen LogP contribution in [0.1, 0.15) is 24.8 Å². The molecule has 0 N–H and O–H groups in total. The van der Waals surface area contributed by atoms with Crippen molar-refractivity contribution in [3.63, 3.8) is 0 Å². The van der Waals surface area contributed by atoms with Crippen LogP contribution in [-0.4, -0.2) is 24.5 Å². The van der Waals surface area contributed by atoms with E-state index in [1.54, 1.807) is 0 Å². The van der Waals surface area contributed by atoms with Crippen molar-refractivity contribution < 1.29 is 0 Å². The largest absolute Gasteiger partial charge is 0.300 e. The lowest BCUT2D eigenvalue weighted by Crippen LogP contribution is -2.29. The van der Waals surface area contributed by atoms with Crippen LogP contribution < -0.4 is 0 Å². The fraction of sp³-hybridized carbons (Fsp3) is 0.429. The Balaban J connectivity index is 1.91. The van der Waals surface area contributed by atoms with Crippen LogP contribution in [0.25, 0.3) is 4.48 Å². The van der Waals surface area contributed by atoms with Crippen molar-refractivity contribution in [2.75, 3.05) is 19.6 Å². The summed E-state index contributed by atoms with van der Waals surface area (Å²) in [4.78, 5) is 2.52. The first-order valence-corrected chi connectivity index (χ1v) is 6.79. The lowest BCUT2D eigenvalue weighted by Gasteiger charge is -2.25. The number of nitrogens with zero attached hydrogens (tertiary/aromatic N) is 1. The molecule has 2 rings (SSSR count). The van der Waals surface area contributed by atoms with Crippen LogP contribution in [0.2, 0.25) is 0 Å². The predicted molar refractivity (Wildman–Crippen MR) is 73.6 cm³/mol. The van der Waals surface area contributed by atoms with Crippen LogP contribution in [0.15, 0.2) is 36.4 Å². The van der Waals surface area contributed by atoms with Crippen molar-refractivity contribution in [3.8, 4) is 0 Å². The Bertz CT molecular complexity index is 339. The van der Waals surface area contributed by atoms with Gasteiger partial charge in [0, 0.05) is 11.0 Å². The molecule has 0 saturated carbocycles. The maximum atomic E-state index is 3.65. The average molecular weight is 280 g/mol. The Labute approximate surface area is 106 Å². The van der Waals surface area contributed by atoms with E-state index in [4.69, 9.17) is 0 Å². The second-order valence-electron chi connectivity index (χ2n) is 4.28. The number of likely N-dealkylation sites (tertiary alicyclic amines) is 1. The normalized spacial score (nSPS) is 18.7. The van der Waals surface area contributed by atoms with E-state index in [1.807, 2.05) is 0 Å². The third-order valence-electron chi connectivity index (χ3n) is 3.03. The van der Waals surface area contributed by atoms with Crippen LogP contribution in [0.5, 0.6) is 0 Å². The lowest BCUT2D eigenvalue weighted by atomic mass is 10.1. The molecule has 1 saturated heterocycles. The van der Waals surface area contributed by atoms with E-state index in [1.165, 1.54) is 42.4 Å². The van der Waals surface area contributed by atoms with Gasteiger partial charge in [-0.1, -0.05) is 58.8 Å². The molecule has 16 heavy (non-hydrogen) atoms. The summed E-state index contributed by atoms with van der Waals surface area (Å²) in [5.74, 6) is 0. The molecule has 1 aromatic carbocycles. The third kappa shape index (κ3) is 3.46. The van der Waals surface area contributed by atoms with E-state index >= 15 is 0 Å². The molecule has 0 aliphatic carbocycles. The Morgan fingerprint density at radius 2 is 1.81 bits per heavy atom. The van der Waals surface area contributed by atoms with Gasteiger partial charge in [0.25, 0.3) is 0 Å². The minimum absolute atomic E-state index is 1.06. The molecule has 1 heterocycles. The fourth-order valence-electron chi connectivity index (χ4n) is 2.07. The average Bonchev–Trinajstić information content (AvgIpc) is 2.38. The molecule has 86 valence electrons. The van der Waals surface area contributed by atoms with E-state index in [9.17, 15) is 0 Å². The molecule has 0 spiro atoms. The quantitative estimate of drug-likeness (QED) is 0.811. The monoisotopic (exact) mass is 279 g/mol. The summed E-state index contributed by atoms with van der Waals surface area (Å²) in [5, 5.41) is 0. The summed E-state index contributed by atoms with van der Waals surface area (Å²) in [5.41, 5.74) is 1.26. The van der Waals surface area contributed by atoms with Crippen molar-refractivity contribution >= 4 is 20.4 Å². The van der Waals surface area contributed by atoms with E-state index in [-0.39, 0.29) is 0 Å². The van der Waals surface area contributed by atoms with Crippen LogP contribution in [0.3, 0.4) is 0 Å². The van der Waals surface area contributed by atoms with Gasteiger partial charge >= 0.3 is 0 Å². The second-order valence-corrected chi connectivity index (χ2v) is 5.13. The van der Waals surface area contributed by atoms with Crippen LogP contribution in [0, 0.1) is 0 Å². The third-order valence-corrected chi connectivity index (χ3v) is 3.81. The van der Waals surface area contributed by atoms with Crippen molar-refractivity contribution in [2.45, 2.75) is 19.3 Å². The maximum absolute atomic E-state index is 3.65. The number of halogens is 1. The van der Waals surface area contributed by atoms with Gasteiger partial charge in [-0.15, -0.1) is 0 Å². The highest BCUT2D eigenvalue weighted by Gasteiger charge is 2.08. The van der Waals surface area contributed by atoms with E-state index < -0.39 is 0 Å². The molecule has 0 amide bonds. The van der Waals surface area contributed by atoms with Crippen molar-refractivity contribution in [1.82, 2.24) is 4.90 Å². The van der Waals surface area contributed by atoms with Crippen molar-refractivity contribution in [1.29, 1.82) is 0 Å². The summed E-state index contributed by atoms with van der Waals surface area (Å²) in [6.45, 7) is 3.58. The summed E-state index contributed by atoms with van der Waals surface area (Å²) in [6, 6.07) is 10.5. The zero-order valence-electron chi connectivity index (χ0n) is 9.53. The van der Waals surface area contributed by atoms with Gasteiger partial charge in [-0.2, -0.15) is 0 Å². The Hall–Kier alpha value is -0.600. The fourth-order valence-corrected chi connectivity index (χ4v) is 2.48. The molecular formula is C14H18BrN. The first kappa shape index (κ1) is 11.9. The Morgan fingerprint density at radius 3 is 2.50 bits per heavy atom. The molecule has 0 aromatic heterocycles. The summed E-state index contributed by atoms with van der Waals surface area (Å²) in [6.07, 6.45) is 6.40. The van der Waals surface area contributed by atoms with Crippen molar-refractivity contribution in [2.24, 2.45) is 0 Å². The summed E-state index contributed by atoms with van der Waals surface area (Å²) < 4.78 is 1.21. The molecular weight excluding hydrogens is 262 g/mol. The number of hydrogen-bond acceptors (Lipinski definition) is 1. The highest BCUT2D eigenvalue weighted by atomic mass is 79.9. The highest BCUT2D eigenvalue weighted by molar-refractivity contribution is 9.15. The Morgan fingerprint density at radius 1 is 1.12 bits per heavy atom. The van der Waals surface area contributed by atoms with Crippen LogP contribution in [0.4, 0.5) is 0 Å². The number of benzene rings is 1. The van der Waals surface area contributed by atoms with Gasteiger partial charge < -0.3 is 0 Å². The topological polar surface area (TPSA) is 3.24 Å². The molecule has 2 heteroatoms. The molecule has 0 unspecified atom stereocenters. The standard InChI is InChI=1S/C14H18BrN/c15-14(13-7-3-1-4-8-13)9-12-16-10-5-2-6-11-16/h1,3-4,7-9H,2,5-6,10-12H2. The molecule has 1 aliphatic heterocycles. The smallest absolute Gasteiger partial charge is 0.0220 e. The molecule has 1 nitrogen and oxygen atoms in total. The predicted octanol–water partition coefficient (Wildman–Crippen LogP) is 3.91. The molecule has 1 fully saturated rings. The molecule has 0 atom stereocenters. The molecule has 1 aliphatic rings. The van der Waals surface area contributed by atoms with Gasteiger partial charge in [-0.05, 0) is 31.5 Å². The number of piperidine rings is 1. The van der Waals surface area contributed by atoms with Gasteiger partial charge in [-0.25, -0.2) is 0 Å². The molecule has 1 aromatic rings. The SMILES string of the molecule is BrC(=CCN1CCCCC1)c1ccccc1. The summed E-state index contributed by atoms with van der Waals surface area (Å²) >= 11 is 3.65. The lowest BCUT2D eigenvalue weighted by molar-refractivity contribution is 0.252. The summed E-state index contributed by atoms with van der Waals surface area (Å²) in [7, 11) is 0. The van der Waals surface area contributed by atoms with Gasteiger partial charge in [0.15, 0.2) is 0 Å². The molecule has 0 bridgehead atoms. The van der Waals surface area contributed by atoms with E-state index in [0.717, 1.165) is 6.54 Å². The van der Waals surface area contributed by atoms with Crippen LogP contribution in [-0.2, 0) is 0 Å². The van der Waals surface area contributed by atoms with E-state index in [2.05, 4.69) is 57.2 Å². The number of hydrogen-bond donors (Lipinski definition) is 0. The first-order chi connectivity index (χ1) is 7.86. The highest BCUT2D eigenvalue weighted by Crippen LogP contribution is 2.20. The van der Waals surface area contributed by atoms with E-state index in [0.29, 0.717) is 0 Å². The van der Waals surface area contributed by atoms with Gasteiger partial charge in [0.2, 0.25) is 0 Å². The minimum atomic E-state index is 1.06. The zero-order valence-corrected chi connectivity index (χ0v) is 11.1. The first-order valence-electron chi connectivity index (χ1n) is 6.00. The number of rotatable bonds is 3. The Kier molecular flexibility index (Phi) is 4.61. The van der Waals surface area contributed by atoms with Gasteiger partial charge in [0.05, 0.1) is 0 Å². The molecule has 0 radical (unpaired) electrons. The van der Waals surface area contributed by atoms with Gasteiger partial charge in [-0.3, -0.25) is 4.90 Å². The van der Waals surface area contributed by atoms with Crippen LogP contribution >= 0.6 is 15.9 Å². The second kappa shape index (κ2) is 6.21. The van der Waals surface area contributed by atoms with Crippen molar-refractivity contribution in [3.05, 3.63) is 42.0 Å². The zero-order chi connectivity index (χ0) is 11.2. The van der Waals surface area contributed by atoms with Gasteiger partial charge in [0.1, 0.15) is 0 Å².